The van der Waals surface area contributed by atoms with E-state index < -0.39 is 23.0 Å². The minimum Gasteiger partial charge on any atom is -0.493 e. The van der Waals surface area contributed by atoms with Crippen molar-refractivity contribution in [1.82, 2.24) is 10.6 Å². The van der Waals surface area contributed by atoms with Crippen LogP contribution in [0.2, 0.25) is 0 Å². The van der Waals surface area contributed by atoms with Gasteiger partial charge in [0.1, 0.15) is 0 Å². The highest BCUT2D eigenvalue weighted by Crippen LogP contribution is 2.42. The number of amides is 2. The standard InChI is InChI=1S/C21H29N3O7/c1-7-8-14-17(20(25)31-12(4)5)18(23-21(26)22-14)13-9-15(24(27)28)19(30-11(2)3)16(10-13)29-6/h9-12,18H,7-8H2,1-6H3,(H2,22,23,26). The van der Waals surface area contributed by atoms with Crippen molar-refractivity contribution in [3.05, 3.63) is 39.1 Å². The summed E-state index contributed by atoms with van der Waals surface area (Å²) >= 11 is 0. The first-order valence-electron chi connectivity index (χ1n) is 10.1. The first-order chi connectivity index (χ1) is 14.6. The molecule has 0 fully saturated rings. The summed E-state index contributed by atoms with van der Waals surface area (Å²) in [5, 5.41) is 17.1. The van der Waals surface area contributed by atoms with Crippen LogP contribution in [0.1, 0.15) is 59.1 Å². The zero-order valence-electron chi connectivity index (χ0n) is 18.6. The summed E-state index contributed by atoms with van der Waals surface area (Å²) < 4.78 is 16.3. The van der Waals surface area contributed by atoms with E-state index in [0.29, 0.717) is 24.1 Å². The summed E-state index contributed by atoms with van der Waals surface area (Å²) in [6.07, 6.45) is 0.391. The summed E-state index contributed by atoms with van der Waals surface area (Å²) in [6.45, 7) is 8.82. The summed E-state index contributed by atoms with van der Waals surface area (Å²) in [4.78, 5) is 36.4. The van der Waals surface area contributed by atoms with Gasteiger partial charge in [-0.2, -0.15) is 0 Å². The van der Waals surface area contributed by atoms with E-state index in [0.717, 1.165) is 0 Å². The Morgan fingerprint density at radius 2 is 1.90 bits per heavy atom. The molecule has 0 aliphatic carbocycles. The van der Waals surface area contributed by atoms with Gasteiger partial charge in [0.05, 0.1) is 35.9 Å². The Morgan fingerprint density at radius 3 is 2.42 bits per heavy atom. The van der Waals surface area contributed by atoms with Gasteiger partial charge in [0.25, 0.3) is 0 Å². The lowest BCUT2D eigenvalue weighted by molar-refractivity contribution is -0.386. The molecule has 1 aliphatic rings. The van der Waals surface area contributed by atoms with Gasteiger partial charge in [-0.25, -0.2) is 9.59 Å². The number of hydrogen-bond donors (Lipinski definition) is 2. The van der Waals surface area contributed by atoms with Crippen molar-refractivity contribution < 1.29 is 28.7 Å². The van der Waals surface area contributed by atoms with Crippen LogP contribution in [0.15, 0.2) is 23.4 Å². The maximum atomic E-state index is 12.9. The Labute approximate surface area is 181 Å². The van der Waals surface area contributed by atoms with Gasteiger partial charge in [-0.05, 0) is 45.7 Å². The molecule has 0 spiro atoms. The number of carbonyl (C=O) groups excluding carboxylic acids is 2. The molecule has 0 bridgehead atoms. The molecular weight excluding hydrogens is 406 g/mol. The Kier molecular flexibility index (Phi) is 7.84. The molecular formula is C21H29N3O7. The number of hydrogen-bond acceptors (Lipinski definition) is 7. The van der Waals surface area contributed by atoms with Gasteiger partial charge in [0.15, 0.2) is 5.75 Å². The lowest BCUT2D eigenvalue weighted by Gasteiger charge is -2.30. The van der Waals surface area contributed by atoms with Crippen molar-refractivity contribution in [2.45, 2.75) is 65.7 Å². The Balaban J connectivity index is 2.70. The number of rotatable bonds is 9. The summed E-state index contributed by atoms with van der Waals surface area (Å²) in [6, 6.07) is 1.33. The third kappa shape index (κ3) is 5.65. The molecule has 0 saturated heterocycles. The molecule has 0 aromatic heterocycles. The van der Waals surface area contributed by atoms with Crippen LogP contribution in [0.25, 0.3) is 0 Å². The maximum absolute atomic E-state index is 12.9. The number of allylic oxidation sites excluding steroid dienone is 1. The molecule has 10 nitrogen and oxygen atoms in total. The number of nitrogens with one attached hydrogen (secondary N) is 2. The number of urea groups is 1. The van der Waals surface area contributed by atoms with E-state index in [-0.39, 0.29) is 35.0 Å². The Hall–Kier alpha value is -3.30. The first-order valence-corrected chi connectivity index (χ1v) is 10.1. The van der Waals surface area contributed by atoms with Crippen molar-refractivity contribution in [2.75, 3.05) is 7.11 Å². The second-order valence-corrected chi connectivity index (χ2v) is 7.62. The number of nitrogens with zero attached hydrogens (tertiary/aromatic N) is 1. The SMILES string of the molecule is CCCC1=C(C(=O)OC(C)C)C(c2cc(OC)c(OC(C)C)c([N+](=O)[O-])c2)NC(=O)N1. The van der Waals surface area contributed by atoms with Crippen LogP contribution in [-0.4, -0.2) is 36.2 Å². The van der Waals surface area contributed by atoms with Crippen LogP contribution < -0.4 is 20.1 Å². The fourth-order valence-corrected chi connectivity index (χ4v) is 3.25. The predicted octanol–water partition coefficient (Wildman–Crippen LogP) is 3.75. The lowest BCUT2D eigenvalue weighted by Crippen LogP contribution is -2.46. The molecule has 1 unspecified atom stereocenters. The van der Waals surface area contributed by atoms with Crippen molar-refractivity contribution in [3.63, 3.8) is 0 Å². The van der Waals surface area contributed by atoms with Crippen LogP contribution in [-0.2, 0) is 9.53 Å². The van der Waals surface area contributed by atoms with E-state index in [1.165, 1.54) is 19.2 Å². The summed E-state index contributed by atoms with van der Waals surface area (Å²) in [5.74, 6) is -0.505. The van der Waals surface area contributed by atoms with Crippen LogP contribution in [0.3, 0.4) is 0 Å². The summed E-state index contributed by atoms with van der Waals surface area (Å²) in [5.41, 5.74) is 0.596. The fourth-order valence-electron chi connectivity index (χ4n) is 3.25. The molecule has 1 heterocycles. The monoisotopic (exact) mass is 435 g/mol. The van der Waals surface area contributed by atoms with E-state index in [4.69, 9.17) is 14.2 Å². The average Bonchev–Trinajstić information content (AvgIpc) is 2.66. The minimum atomic E-state index is -0.956. The molecule has 1 aromatic rings. The van der Waals surface area contributed by atoms with Crippen molar-refractivity contribution >= 4 is 17.7 Å². The van der Waals surface area contributed by atoms with E-state index in [1.54, 1.807) is 27.7 Å². The number of benzene rings is 1. The molecule has 1 aromatic carbocycles. The maximum Gasteiger partial charge on any atom is 0.338 e. The fraction of sp³-hybridized carbons (Fsp3) is 0.524. The third-order valence-corrected chi connectivity index (χ3v) is 4.38. The average molecular weight is 435 g/mol. The van der Waals surface area contributed by atoms with Gasteiger partial charge in [-0.3, -0.25) is 10.1 Å². The molecule has 1 aliphatic heterocycles. The normalized spacial score (nSPS) is 16.1. The van der Waals surface area contributed by atoms with Gasteiger partial charge >= 0.3 is 17.7 Å². The Bertz CT molecular complexity index is 893. The van der Waals surface area contributed by atoms with E-state index in [1.807, 2.05) is 6.92 Å². The molecule has 2 N–H and O–H groups in total. The van der Waals surface area contributed by atoms with Gasteiger partial charge < -0.3 is 24.8 Å². The number of carbonyl (C=O) groups is 2. The lowest BCUT2D eigenvalue weighted by atomic mass is 9.93. The quantitative estimate of drug-likeness (QED) is 0.343. The van der Waals surface area contributed by atoms with Crippen LogP contribution in [0, 0.1) is 10.1 Å². The molecule has 31 heavy (non-hydrogen) atoms. The molecule has 0 radical (unpaired) electrons. The number of methoxy groups -OCH3 is 1. The number of ether oxygens (including phenoxy) is 3. The molecule has 2 amide bonds. The molecule has 2 rings (SSSR count). The van der Waals surface area contributed by atoms with Crippen LogP contribution in [0.4, 0.5) is 10.5 Å². The largest absolute Gasteiger partial charge is 0.493 e. The molecule has 1 atom stereocenters. The second-order valence-electron chi connectivity index (χ2n) is 7.62. The zero-order chi connectivity index (χ0) is 23.3. The third-order valence-electron chi connectivity index (χ3n) is 4.38. The van der Waals surface area contributed by atoms with Crippen LogP contribution >= 0.6 is 0 Å². The number of nitro benzene ring substituents is 1. The smallest absolute Gasteiger partial charge is 0.338 e. The highest BCUT2D eigenvalue weighted by atomic mass is 16.6. The highest BCUT2D eigenvalue weighted by molar-refractivity contribution is 5.95. The van der Waals surface area contributed by atoms with Crippen molar-refractivity contribution in [3.8, 4) is 11.5 Å². The van der Waals surface area contributed by atoms with E-state index in [9.17, 15) is 19.7 Å². The van der Waals surface area contributed by atoms with E-state index >= 15 is 0 Å². The molecule has 10 heteroatoms. The van der Waals surface area contributed by atoms with Crippen LogP contribution in [0.5, 0.6) is 11.5 Å². The van der Waals surface area contributed by atoms with Gasteiger partial charge in [0, 0.05) is 11.8 Å². The highest BCUT2D eigenvalue weighted by Gasteiger charge is 2.36. The van der Waals surface area contributed by atoms with Gasteiger partial charge in [0.2, 0.25) is 5.75 Å². The predicted molar refractivity (Wildman–Crippen MR) is 113 cm³/mol. The van der Waals surface area contributed by atoms with Crippen molar-refractivity contribution in [1.29, 1.82) is 0 Å². The first kappa shape index (κ1) is 24.0. The number of nitro groups is 1. The van der Waals surface area contributed by atoms with Gasteiger partial charge in [-0.15, -0.1) is 0 Å². The van der Waals surface area contributed by atoms with E-state index in [2.05, 4.69) is 10.6 Å². The Morgan fingerprint density at radius 1 is 1.23 bits per heavy atom. The molecule has 170 valence electrons. The summed E-state index contributed by atoms with van der Waals surface area (Å²) in [7, 11) is 1.36. The van der Waals surface area contributed by atoms with Gasteiger partial charge in [-0.1, -0.05) is 13.3 Å². The topological polar surface area (TPSA) is 129 Å². The second kappa shape index (κ2) is 10.1. The van der Waals surface area contributed by atoms with Crippen molar-refractivity contribution in [2.24, 2.45) is 0 Å². The minimum absolute atomic E-state index is 0.0180. The number of esters is 1. The molecule has 0 saturated carbocycles. The zero-order valence-corrected chi connectivity index (χ0v) is 18.6.